The molecule has 1 amide bonds. The molecular formula is C12H21NO4. The summed E-state index contributed by atoms with van der Waals surface area (Å²) in [5.74, 6) is 0.607. The Kier molecular flexibility index (Phi) is 5.41. The van der Waals surface area contributed by atoms with Crippen LogP contribution in [0, 0.1) is 11.8 Å². The van der Waals surface area contributed by atoms with Crippen molar-refractivity contribution in [3.05, 3.63) is 0 Å². The summed E-state index contributed by atoms with van der Waals surface area (Å²) in [6.07, 6.45) is 5.73. The first kappa shape index (κ1) is 14.0. The van der Waals surface area contributed by atoms with Crippen molar-refractivity contribution in [2.45, 2.75) is 38.5 Å². The number of carbonyl (C=O) groups excluding carboxylic acids is 1. The quantitative estimate of drug-likeness (QED) is 0.746. The highest BCUT2D eigenvalue weighted by molar-refractivity contribution is 5.75. The fourth-order valence-electron chi connectivity index (χ4n) is 1.37. The van der Waals surface area contributed by atoms with Crippen molar-refractivity contribution >= 4 is 11.9 Å². The normalized spacial score (nSPS) is 18.0. The van der Waals surface area contributed by atoms with Crippen molar-refractivity contribution < 1.29 is 19.5 Å². The standard InChI is InChI=1S/C7H13NO2.C5H8O2/c1-8(10-2)7(9)5-6-3-4-6;6-5(7)3-4-1-2-4/h6H,3-5H2,1-2H3;4H,1-3H2,(H,6,7). The predicted molar refractivity (Wildman–Crippen MR) is 62.1 cm³/mol. The fraction of sp³-hybridized carbons (Fsp3) is 0.833. The third kappa shape index (κ3) is 6.94. The van der Waals surface area contributed by atoms with Gasteiger partial charge in [0.25, 0.3) is 0 Å². The van der Waals surface area contributed by atoms with Gasteiger partial charge in [-0.2, -0.15) is 0 Å². The number of hydroxylamine groups is 2. The van der Waals surface area contributed by atoms with Crippen LogP contribution in [-0.2, 0) is 14.4 Å². The van der Waals surface area contributed by atoms with Gasteiger partial charge in [0, 0.05) is 19.9 Å². The van der Waals surface area contributed by atoms with E-state index in [0.29, 0.717) is 24.7 Å². The van der Waals surface area contributed by atoms with Crippen molar-refractivity contribution in [2.75, 3.05) is 14.2 Å². The average molecular weight is 243 g/mol. The van der Waals surface area contributed by atoms with Crippen LogP contribution in [0.5, 0.6) is 0 Å². The molecule has 2 aliphatic rings. The van der Waals surface area contributed by atoms with Crippen LogP contribution in [0.4, 0.5) is 0 Å². The summed E-state index contributed by atoms with van der Waals surface area (Å²) in [7, 11) is 3.15. The number of carboxylic acids is 1. The Hall–Kier alpha value is -1.10. The molecule has 0 spiro atoms. The predicted octanol–water partition coefficient (Wildman–Crippen LogP) is 1.68. The molecule has 0 saturated heterocycles. The van der Waals surface area contributed by atoms with E-state index in [4.69, 9.17) is 9.94 Å². The monoisotopic (exact) mass is 243 g/mol. The lowest BCUT2D eigenvalue weighted by molar-refractivity contribution is -0.169. The maximum Gasteiger partial charge on any atom is 0.303 e. The van der Waals surface area contributed by atoms with Crippen LogP contribution in [0.15, 0.2) is 0 Å². The minimum Gasteiger partial charge on any atom is -0.481 e. The van der Waals surface area contributed by atoms with Gasteiger partial charge in [-0.15, -0.1) is 0 Å². The molecule has 0 radical (unpaired) electrons. The molecule has 2 saturated carbocycles. The highest BCUT2D eigenvalue weighted by Gasteiger charge is 2.25. The lowest BCUT2D eigenvalue weighted by Crippen LogP contribution is -2.25. The first-order valence-electron chi connectivity index (χ1n) is 6.05. The summed E-state index contributed by atoms with van der Waals surface area (Å²) in [5, 5.41) is 9.41. The maximum atomic E-state index is 11.0. The number of hydrogen-bond donors (Lipinski definition) is 1. The van der Waals surface area contributed by atoms with Crippen LogP contribution in [0.3, 0.4) is 0 Å². The van der Waals surface area contributed by atoms with Gasteiger partial charge in [0.15, 0.2) is 0 Å². The lowest BCUT2D eigenvalue weighted by atomic mass is 10.3. The molecule has 98 valence electrons. The Morgan fingerprint density at radius 1 is 1.18 bits per heavy atom. The second kappa shape index (κ2) is 6.59. The van der Waals surface area contributed by atoms with E-state index in [0.717, 1.165) is 12.8 Å². The van der Waals surface area contributed by atoms with Crippen LogP contribution in [0.25, 0.3) is 0 Å². The highest BCUT2D eigenvalue weighted by Crippen LogP contribution is 2.32. The van der Waals surface area contributed by atoms with Gasteiger partial charge in [-0.1, -0.05) is 0 Å². The zero-order valence-electron chi connectivity index (χ0n) is 10.5. The number of carbonyl (C=O) groups is 2. The maximum absolute atomic E-state index is 11.0. The van der Waals surface area contributed by atoms with E-state index in [2.05, 4.69) is 0 Å². The summed E-state index contributed by atoms with van der Waals surface area (Å²) in [6.45, 7) is 0. The van der Waals surface area contributed by atoms with Gasteiger partial charge < -0.3 is 5.11 Å². The number of hydrogen-bond acceptors (Lipinski definition) is 3. The molecule has 2 rings (SSSR count). The Balaban J connectivity index is 0.000000181. The van der Waals surface area contributed by atoms with E-state index in [-0.39, 0.29) is 5.91 Å². The largest absolute Gasteiger partial charge is 0.481 e. The van der Waals surface area contributed by atoms with Gasteiger partial charge >= 0.3 is 5.97 Å². The molecule has 5 nitrogen and oxygen atoms in total. The van der Waals surface area contributed by atoms with Crippen molar-refractivity contribution in [1.29, 1.82) is 0 Å². The second-order valence-corrected chi connectivity index (χ2v) is 4.76. The van der Waals surface area contributed by atoms with E-state index < -0.39 is 5.97 Å². The van der Waals surface area contributed by atoms with Crippen molar-refractivity contribution in [1.82, 2.24) is 5.06 Å². The molecule has 0 heterocycles. The smallest absolute Gasteiger partial charge is 0.303 e. The first-order valence-corrected chi connectivity index (χ1v) is 6.05. The number of aliphatic carboxylic acids is 1. The topological polar surface area (TPSA) is 66.8 Å². The van der Waals surface area contributed by atoms with Crippen LogP contribution in [-0.4, -0.2) is 36.2 Å². The van der Waals surface area contributed by atoms with E-state index in [9.17, 15) is 9.59 Å². The summed E-state index contributed by atoms with van der Waals surface area (Å²) < 4.78 is 0. The number of rotatable bonds is 5. The van der Waals surface area contributed by atoms with Gasteiger partial charge in [-0.05, 0) is 37.5 Å². The zero-order chi connectivity index (χ0) is 12.8. The molecule has 0 aliphatic heterocycles. The van der Waals surface area contributed by atoms with Gasteiger partial charge in [-0.25, -0.2) is 5.06 Å². The molecule has 2 aliphatic carbocycles. The molecule has 5 heteroatoms. The molecule has 0 unspecified atom stereocenters. The summed E-state index contributed by atoms with van der Waals surface area (Å²) in [5.41, 5.74) is 0. The van der Waals surface area contributed by atoms with Gasteiger partial charge in [0.05, 0.1) is 7.11 Å². The highest BCUT2D eigenvalue weighted by atomic mass is 16.7. The molecule has 0 aromatic carbocycles. The Morgan fingerprint density at radius 3 is 1.94 bits per heavy atom. The molecular weight excluding hydrogens is 222 g/mol. The van der Waals surface area contributed by atoms with Crippen molar-refractivity contribution in [2.24, 2.45) is 11.8 Å². The van der Waals surface area contributed by atoms with Crippen LogP contribution < -0.4 is 0 Å². The summed E-state index contributed by atoms with van der Waals surface area (Å²) >= 11 is 0. The second-order valence-electron chi connectivity index (χ2n) is 4.76. The SMILES string of the molecule is CON(C)C(=O)CC1CC1.O=C(O)CC1CC1. The van der Waals surface area contributed by atoms with E-state index in [1.54, 1.807) is 7.05 Å². The Labute approximate surface area is 102 Å². The molecule has 1 N–H and O–H groups in total. The van der Waals surface area contributed by atoms with E-state index in [1.165, 1.54) is 25.0 Å². The minimum absolute atomic E-state index is 0.0880. The van der Waals surface area contributed by atoms with Crippen LogP contribution in [0.2, 0.25) is 0 Å². The third-order valence-electron chi connectivity index (χ3n) is 2.95. The molecule has 0 bridgehead atoms. The van der Waals surface area contributed by atoms with Gasteiger partial charge in [0.2, 0.25) is 5.91 Å². The van der Waals surface area contributed by atoms with Crippen molar-refractivity contribution in [3.8, 4) is 0 Å². The first-order chi connectivity index (χ1) is 8.02. The minimum atomic E-state index is -0.650. The molecule has 17 heavy (non-hydrogen) atoms. The Morgan fingerprint density at radius 2 is 1.65 bits per heavy atom. The average Bonchev–Trinajstić information content (AvgIpc) is 3.13. The van der Waals surface area contributed by atoms with E-state index in [1.807, 2.05) is 0 Å². The summed E-state index contributed by atoms with van der Waals surface area (Å²) in [6, 6.07) is 0. The van der Waals surface area contributed by atoms with Gasteiger partial charge in [0.1, 0.15) is 0 Å². The Bertz CT molecular complexity index is 272. The molecule has 0 aromatic rings. The number of carboxylic acid groups (broad SMARTS) is 1. The van der Waals surface area contributed by atoms with E-state index >= 15 is 0 Å². The van der Waals surface area contributed by atoms with Crippen LogP contribution >= 0.6 is 0 Å². The molecule has 2 fully saturated rings. The molecule has 0 atom stereocenters. The van der Waals surface area contributed by atoms with Crippen LogP contribution in [0.1, 0.15) is 38.5 Å². The summed E-state index contributed by atoms with van der Waals surface area (Å²) in [4.78, 5) is 25.6. The van der Waals surface area contributed by atoms with Crippen molar-refractivity contribution in [3.63, 3.8) is 0 Å². The zero-order valence-corrected chi connectivity index (χ0v) is 10.5. The third-order valence-corrected chi connectivity index (χ3v) is 2.95. The number of nitrogens with zero attached hydrogens (tertiary/aromatic N) is 1. The van der Waals surface area contributed by atoms with Gasteiger partial charge in [-0.3, -0.25) is 14.4 Å². The number of amides is 1. The lowest BCUT2D eigenvalue weighted by Gasteiger charge is -2.12. The fourth-order valence-corrected chi connectivity index (χ4v) is 1.37. The molecule has 0 aromatic heterocycles.